The van der Waals surface area contributed by atoms with Crippen LogP contribution >= 0.6 is 0 Å². The van der Waals surface area contributed by atoms with Crippen LogP contribution in [-0.2, 0) is 0 Å². The topological polar surface area (TPSA) is 41.3 Å². The Hall–Kier alpha value is -1.22. The number of fused-ring (bicyclic) bond motifs is 1. The summed E-state index contributed by atoms with van der Waals surface area (Å²) in [7, 11) is 0. The van der Waals surface area contributed by atoms with E-state index < -0.39 is 0 Å². The predicted molar refractivity (Wildman–Crippen MR) is 72.2 cm³/mol. The molecule has 2 unspecified atom stereocenters. The van der Waals surface area contributed by atoms with E-state index in [9.17, 15) is 0 Å². The van der Waals surface area contributed by atoms with E-state index >= 15 is 0 Å². The molecule has 2 fully saturated rings. The highest BCUT2D eigenvalue weighted by Gasteiger charge is 2.37. The van der Waals surface area contributed by atoms with Gasteiger partial charge < -0.3 is 11.1 Å². The standard InChI is InChI=1S/C14H21N3/c1-10-4-5-12(11(15)9-10)16-13-6-8-17-7-2-3-14(13)17/h4-5,9,13-14,16H,2-3,6-8,15H2,1H3. The first-order valence-electron chi connectivity index (χ1n) is 6.61. The second-order valence-corrected chi connectivity index (χ2v) is 5.38. The van der Waals surface area contributed by atoms with Gasteiger partial charge in [0, 0.05) is 18.6 Å². The lowest BCUT2D eigenvalue weighted by molar-refractivity contribution is 0.318. The number of hydrogen-bond donors (Lipinski definition) is 2. The van der Waals surface area contributed by atoms with E-state index in [1.807, 2.05) is 6.07 Å². The molecular weight excluding hydrogens is 210 g/mol. The molecule has 3 heteroatoms. The fraction of sp³-hybridized carbons (Fsp3) is 0.571. The molecule has 3 nitrogen and oxygen atoms in total. The summed E-state index contributed by atoms with van der Waals surface area (Å²) < 4.78 is 0. The number of nitrogens with one attached hydrogen (secondary N) is 1. The van der Waals surface area contributed by atoms with E-state index in [1.54, 1.807) is 0 Å². The largest absolute Gasteiger partial charge is 0.397 e. The van der Waals surface area contributed by atoms with Crippen molar-refractivity contribution in [2.75, 3.05) is 24.1 Å². The maximum atomic E-state index is 6.06. The lowest BCUT2D eigenvalue weighted by Crippen LogP contribution is -2.33. The first kappa shape index (κ1) is 10.9. The summed E-state index contributed by atoms with van der Waals surface area (Å²) in [4.78, 5) is 2.61. The molecule has 2 heterocycles. The Bertz CT molecular complexity index is 416. The van der Waals surface area contributed by atoms with Gasteiger partial charge in [0.15, 0.2) is 0 Å². The van der Waals surface area contributed by atoms with E-state index in [2.05, 4.69) is 29.3 Å². The van der Waals surface area contributed by atoms with Crippen molar-refractivity contribution in [3.63, 3.8) is 0 Å². The molecule has 1 aromatic carbocycles. The highest BCUT2D eigenvalue weighted by molar-refractivity contribution is 5.67. The van der Waals surface area contributed by atoms with Crippen molar-refractivity contribution < 1.29 is 0 Å². The zero-order chi connectivity index (χ0) is 11.8. The van der Waals surface area contributed by atoms with Crippen LogP contribution in [0, 0.1) is 6.92 Å². The normalized spacial score (nSPS) is 28.3. The summed E-state index contributed by atoms with van der Waals surface area (Å²) in [6.45, 7) is 4.61. The number of anilines is 2. The summed E-state index contributed by atoms with van der Waals surface area (Å²) >= 11 is 0. The van der Waals surface area contributed by atoms with Crippen molar-refractivity contribution in [3.8, 4) is 0 Å². The summed E-state index contributed by atoms with van der Waals surface area (Å²) in [5.74, 6) is 0. The van der Waals surface area contributed by atoms with E-state index in [1.165, 1.54) is 37.9 Å². The van der Waals surface area contributed by atoms with E-state index in [4.69, 9.17) is 5.73 Å². The maximum Gasteiger partial charge on any atom is 0.0576 e. The zero-order valence-electron chi connectivity index (χ0n) is 10.4. The number of nitrogen functional groups attached to an aromatic ring is 1. The van der Waals surface area contributed by atoms with Crippen molar-refractivity contribution in [1.82, 2.24) is 4.90 Å². The molecule has 3 N–H and O–H groups in total. The lowest BCUT2D eigenvalue weighted by Gasteiger charge is -2.23. The number of hydrogen-bond acceptors (Lipinski definition) is 3. The Labute approximate surface area is 103 Å². The highest BCUT2D eigenvalue weighted by atomic mass is 15.2. The fourth-order valence-electron chi connectivity index (χ4n) is 3.26. The van der Waals surface area contributed by atoms with Crippen LogP contribution in [0.4, 0.5) is 11.4 Å². The van der Waals surface area contributed by atoms with E-state index in [0.717, 1.165) is 17.4 Å². The van der Waals surface area contributed by atoms with E-state index in [-0.39, 0.29) is 0 Å². The summed E-state index contributed by atoms with van der Waals surface area (Å²) in [6.07, 6.45) is 3.94. The summed E-state index contributed by atoms with van der Waals surface area (Å²) in [5.41, 5.74) is 9.27. The van der Waals surface area contributed by atoms with Gasteiger partial charge in [-0.25, -0.2) is 0 Å². The first-order chi connectivity index (χ1) is 8.24. The molecule has 92 valence electrons. The number of nitrogens with zero attached hydrogens (tertiary/aromatic N) is 1. The smallest absolute Gasteiger partial charge is 0.0576 e. The van der Waals surface area contributed by atoms with Crippen molar-refractivity contribution in [1.29, 1.82) is 0 Å². The van der Waals surface area contributed by atoms with Crippen LogP contribution in [-0.4, -0.2) is 30.1 Å². The quantitative estimate of drug-likeness (QED) is 0.767. The Morgan fingerprint density at radius 3 is 3.00 bits per heavy atom. The van der Waals surface area contributed by atoms with Gasteiger partial charge in [0.05, 0.1) is 11.4 Å². The fourth-order valence-corrected chi connectivity index (χ4v) is 3.26. The van der Waals surface area contributed by atoms with E-state index in [0.29, 0.717) is 6.04 Å². The minimum atomic E-state index is 0.586. The van der Waals surface area contributed by atoms with Crippen LogP contribution in [0.2, 0.25) is 0 Å². The monoisotopic (exact) mass is 231 g/mol. The minimum Gasteiger partial charge on any atom is -0.397 e. The minimum absolute atomic E-state index is 0.586. The molecule has 2 saturated heterocycles. The molecule has 0 spiro atoms. The molecule has 0 aliphatic carbocycles. The van der Waals surface area contributed by atoms with Gasteiger partial charge in [-0.3, -0.25) is 4.90 Å². The molecule has 1 aromatic rings. The SMILES string of the molecule is Cc1ccc(NC2CCN3CCCC23)c(N)c1. The number of nitrogens with two attached hydrogens (primary N) is 1. The molecule has 0 radical (unpaired) electrons. The molecule has 3 rings (SSSR count). The third-order valence-corrected chi connectivity index (χ3v) is 4.15. The Balaban J connectivity index is 1.74. The van der Waals surface area contributed by atoms with Crippen LogP contribution in [0.3, 0.4) is 0 Å². The van der Waals surface area contributed by atoms with Crippen LogP contribution in [0.1, 0.15) is 24.8 Å². The summed E-state index contributed by atoms with van der Waals surface area (Å²) in [6, 6.07) is 7.60. The molecular formula is C14H21N3. The molecule has 0 saturated carbocycles. The van der Waals surface area contributed by atoms with Crippen LogP contribution in [0.5, 0.6) is 0 Å². The van der Waals surface area contributed by atoms with Crippen LogP contribution in [0.15, 0.2) is 18.2 Å². The van der Waals surface area contributed by atoms with Crippen LogP contribution in [0.25, 0.3) is 0 Å². The lowest BCUT2D eigenvalue weighted by atomic mass is 10.1. The van der Waals surface area contributed by atoms with Gasteiger partial charge in [-0.15, -0.1) is 0 Å². The maximum absolute atomic E-state index is 6.06. The van der Waals surface area contributed by atoms with Crippen molar-refractivity contribution >= 4 is 11.4 Å². The molecule has 0 aromatic heterocycles. The number of benzene rings is 1. The molecule has 2 atom stereocenters. The predicted octanol–water partition coefficient (Wildman–Crippen LogP) is 2.23. The van der Waals surface area contributed by atoms with Crippen molar-refractivity contribution in [3.05, 3.63) is 23.8 Å². The molecule has 17 heavy (non-hydrogen) atoms. The van der Waals surface area contributed by atoms with Gasteiger partial charge in [0.1, 0.15) is 0 Å². The zero-order valence-corrected chi connectivity index (χ0v) is 10.4. The third-order valence-electron chi connectivity index (χ3n) is 4.15. The van der Waals surface area contributed by atoms with Gasteiger partial charge >= 0.3 is 0 Å². The van der Waals surface area contributed by atoms with Gasteiger partial charge in [-0.1, -0.05) is 6.07 Å². The second-order valence-electron chi connectivity index (χ2n) is 5.38. The summed E-state index contributed by atoms with van der Waals surface area (Å²) in [5, 5.41) is 3.64. The van der Waals surface area contributed by atoms with Gasteiger partial charge in [-0.05, 0) is 50.4 Å². The molecule has 0 amide bonds. The molecule has 0 bridgehead atoms. The first-order valence-corrected chi connectivity index (χ1v) is 6.61. The van der Waals surface area contributed by atoms with Crippen molar-refractivity contribution in [2.24, 2.45) is 0 Å². The Morgan fingerprint density at radius 2 is 2.18 bits per heavy atom. The van der Waals surface area contributed by atoms with Gasteiger partial charge in [-0.2, -0.15) is 0 Å². The van der Waals surface area contributed by atoms with Gasteiger partial charge in [0.2, 0.25) is 0 Å². The second kappa shape index (κ2) is 4.22. The van der Waals surface area contributed by atoms with Crippen molar-refractivity contribution in [2.45, 2.75) is 38.3 Å². The number of aryl methyl sites for hydroxylation is 1. The highest BCUT2D eigenvalue weighted by Crippen LogP contribution is 2.31. The third kappa shape index (κ3) is 2.00. The average molecular weight is 231 g/mol. The Morgan fingerprint density at radius 1 is 1.29 bits per heavy atom. The van der Waals surface area contributed by atoms with Gasteiger partial charge in [0.25, 0.3) is 0 Å². The molecule has 2 aliphatic rings. The number of rotatable bonds is 2. The average Bonchev–Trinajstić information content (AvgIpc) is 2.86. The Kier molecular flexibility index (Phi) is 2.71. The van der Waals surface area contributed by atoms with Crippen LogP contribution < -0.4 is 11.1 Å². The molecule has 2 aliphatic heterocycles.